The lowest BCUT2D eigenvalue weighted by Crippen LogP contribution is -2.49. The number of aromatic nitrogens is 1. The molecule has 2 heterocycles. The van der Waals surface area contributed by atoms with Gasteiger partial charge in [-0.05, 0) is 37.0 Å². The Kier molecular flexibility index (Phi) is 6.15. The van der Waals surface area contributed by atoms with Gasteiger partial charge in [-0.2, -0.15) is 0 Å². The van der Waals surface area contributed by atoms with Gasteiger partial charge in [-0.3, -0.25) is 4.90 Å². The standard InChI is InChI=1S/C22H32N4/c1-5-24(3)21-12-9-14-23-22(21)25(4)20-13-15-26(16-18(20)2)17-19-10-7-6-8-11-19/h6-12,14,18,20H,5,13,15-17H2,1-4H3. The molecule has 0 amide bonds. The van der Waals surface area contributed by atoms with Crippen LogP contribution < -0.4 is 9.80 Å². The maximum atomic E-state index is 4.71. The molecule has 1 aromatic heterocycles. The number of piperidine rings is 1. The van der Waals surface area contributed by atoms with Gasteiger partial charge in [0, 0.05) is 52.5 Å². The highest BCUT2D eigenvalue weighted by atomic mass is 15.3. The molecule has 1 fully saturated rings. The Bertz CT molecular complexity index is 688. The van der Waals surface area contributed by atoms with Crippen molar-refractivity contribution in [2.75, 3.05) is 43.5 Å². The lowest BCUT2D eigenvalue weighted by atomic mass is 9.92. The van der Waals surface area contributed by atoms with Gasteiger partial charge in [0.2, 0.25) is 0 Å². The Balaban J connectivity index is 1.68. The van der Waals surface area contributed by atoms with Crippen LogP contribution in [0.4, 0.5) is 11.5 Å². The van der Waals surface area contributed by atoms with Crippen molar-refractivity contribution < 1.29 is 0 Å². The zero-order valence-corrected chi connectivity index (χ0v) is 16.6. The zero-order valence-electron chi connectivity index (χ0n) is 16.6. The minimum atomic E-state index is 0.529. The van der Waals surface area contributed by atoms with Gasteiger partial charge < -0.3 is 9.80 Å². The normalized spacial score (nSPS) is 20.8. The van der Waals surface area contributed by atoms with Crippen molar-refractivity contribution in [1.29, 1.82) is 0 Å². The minimum Gasteiger partial charge on any atom is -0.372 e. The molecule has 140 valence electrons. The summed E-state index contributed by atoms with van der Waals surface area (Å²) >= 11 is 0. The molecule has 2 atom stereocenters. The highest BCUT2D eigenvalue weighted by Gasteiger charge is 2.30. The summed E-state index contributed by atoms with van der Waals surface area (Å²) in [6, 6.07) is 15.5. The Morgan fingerprint density at radius 2 is 1.88 bits per heavy atom. The van der Waals surface area contributed by atoms with Crippen molar-refractivity contribution in [3.63, 3.8) is 0 Å². The van der Waals surface area contributed by atoms with Gasteiger partial charge in [-0.25, -0.2) is 4.98 Å². The summed E-state index contributed by atoms with van der Waals surface area (Å²) in [5.74, 6) is 1.71. The highest BCUT2D eigenvalue weighted by molar-refractivity contribution is 5.66. The van der Waals surface area contributed by atoms with E-state index in [1.54, 1.807) is 0 Å². The number of hydrogen-bond acceptors (Lipinski definition) is 4. The topological polar surface area (TPSA) is 22.6 Å². The lowest BCUT2D eigenvalue weighted by molar-refractivity contribution is 0.155. The summed E-state index contributed by atoms with van der Waals surface area (Å²) in [5.41, 5.74) is 2.62. The quantitative estimate of drug-likeness (QED) is 0.787. The smallest absolute Gasteiger partial charge is 0.152 e. The molecule has 2 unspecified atom stereocenters. The van der Waals surface area contributed by atoms with Crippen molar-refractivity contribution in [3.05, 3.63) is 54.2 Å². The predicted molar refractivity (Wildman–Crippen MR) is 111 cm³/mol. The molecular weight excluding hydrogens is 320 g/mol. The molecule has 0 saturated carbocycles. The summed E-state index contributed by atoms with van der Waals surface area (Å²) in [6.45, 7) is 8.87. The van der Waals surface area contributed by atoms with E-state index in [1.807, 2.05) is 12.3 Å². The molecule has 1 aliphatic heterocycles. The first-order valence-electron chi connectivity index (χ1n) is 9.75. The number of rotatable bonds is 6. The molecule has 26 heavy (non-hydrogen) atoms. The molecule has 0 bridgehead atoms. The van der Waals surface area contributed by atoms with Crippen LogP contribution in [0.5, 0.6) is 0 Å². The Morgan fingerprint density at radius 3 is 2.58 bits per heavy atom. The van der Waals surface area contributed by atoms with E-state index in [0.29, 0.717) is 12.0 Å². The lowest BCUT2D eigenvalue weighted by Gasteiger charge is -2.42. The molecule has 0 spiro atoms. The van der Waals surface area contributed by atoms with Crippen LogP contribution in [0.25, 0.3) is 0 Å². The van der Waals surface area contributed by atoms with Gasteiger partial charge in [0.1, 0.15) is 0 Å². The molecular formula is C22H32N4. The van der Waals surface area contributed by atoms with Crippen LogP contribution in [0.2, 0.25) is 0 Å². The van der Waals surface area contributed by atoms with E-state index in [1.165, 1.54) is 17.7 Å². The molecule has 0 radical (unpaired) electrons. The van der Waals surface area contributed by atoms with E-state index < -0.39 is 0 Å². The van der Waals surface area contributed by atoms with Gasteiger partial charge in [0.05, 0.1) is 5.69 Å². The second-order valence-corrected chi connectivity index (χ2v) is 7.53. The first-order valence-corrected chi connectivity index (χ1v) is 9.75. The van der Waals surface area contributed by atoms with Crippen LogP contribution in [0.3, 0.4) is 0 Å². The molecule has 4 nitrogen and oxygen atoms in total. The van der Waals surface area contributed by atoms with E-state index in [-0.39, 0.29) is 0 Å². The first-order chi connectivity index (χ1) is 12.6. The van der Waals surface area contributed by atoms with E-state index >= 15 is 0 Å². The van der Waals surface area contributed by atoms with Crippen LogP contribution in [-0.4, -0.2) is 49.7 Å². The summed E-state index contributed by atoms with van der Waals surface area (Å²) < 4.78 is 0. The number of pyridine rings is 1. The molecule has 0 N–H and O–H groups in total. The number of likely N-dealkylation sites (tertiary alicyclic amines) is 1. The van der Waals surface area contributed by atoms with Gasteiger partial charge in [-0.15, -0.1) is 0 Å². The number of anilines is 2. The maximum Gasteiger partial charge on any atom is 0.152 e. The van der Waals surface area contributed by atoms with Gasteiger partial charge in [-0.1, -0.05) is 37.3 Å². The van der Waals surface area contributed by atoms with Crippen molar-refractivity contribution in [3.8, 4) is 0 Å². The largest absolute Gasteiger partial charge is 0.372 e. The number of nitrogens with zero attached hydrogens (tertiary/aromatic N) is 4. The summed E-state index contributed by atoms with van der Waals surface area (Å²) in [4.78, 5) is 12.0. The summed E-state index contributed by atoms with van der Waals surface area (Å²) in [7, 11) is 4.35. The van der Waals surface area contributed by atoms with Crippen molar-refractivity contribution in [1.82, 2.24) is 9.88 Å². The van der Waals surface area contributed by atoms with Crippen LogP contribution >= 0.6 is 0 Å². The summed E-state index contributed by atoms with van der Waals surface area (Å²) in [5, 5.41) is 0. The predicted octanol–water partition coefficient (Wildman–Crippen LogP) is 3.88. The Morgan fingerprint density at radius 1 is 1.12 bits per heavy atom. The maximum absolute atomic E-state index is 4.71. The summed E-state index contributed by atoms with van der Waals surface area (Å²) in [6.07, 6.45) is 3.09. The van der Waals surface area contributed by atoms with Crippen molar-refractivity contribution >= 4 is 11.5 Å². The van der Waals surface area contributed by atoms with E-state index in [2.05, 4.69) is 79.0 Å². The molecule has 1 saturated heterocycles. The average Bonchev–Trinajstić information content (AvgIpc) is 2.68. The second-order valence-electron chi connectivity index (χ2n) is 7.53. The van der Waals surface area contributed by atoms with E-state index in [0.717, 1.165) is 32.0 Å². The van der Waals surface area contributed by atoms with E-state index in [9.17, 15) is 0 Å². The van der Waals surface area contributed by atoms with Crippen LogP contribution in [0.1, 0.15) is 25.8 Å². The first kappa shape index (κ1) is 18.7. The number of hydrogen-bond donors (Lipinski definition) is 0. The van der Waals surface area contributed by atoms with E-state index in [4.69, 9.17) is 4.98 Å². The van der Waals surface area contributed by atoms with Gasteiger partial charge in [0.25, 0.3) is 0 Å². The fourth-order valence-electron chi connectivity index (χ4n) is 4.07. The second kappa shape index (κ2) is 8.54. The zero-order chi connectivity index (χ0) is 18.5. The van der Waals surface area contributed by atoms with Crippen molar-refractivity contribution in [2.24, 2.45) is 5.92 Å². The average molecular weight is 353 g/mol. The minimum absolute atomic E-state index is 0.529. The molecule has 1 aromatic carbocycles. The molecule has 3 rings (SSSR count). The fraction of sp³-hybridized carbons (Fsp3) is 0.500. The third-order valence-corrected chi connectivity index (χ3v) is 5.68. The molecule has 4 heteroatoms. The van der Waals surface area contributed by atoms with Gasteiger partial charge >= 0.3 is 0 Å². The third-order valence-electron chi connectivity index (χ3n) is 5.68. The third kappa shape index (κ3) is 4.18. The van der Waals surface area contributed by atoms with Crippen LogP contribution in [0.15, 0.2) is 48.7 Å². The van der Waals surface area contributed by atoms with Crippen molar-refractivity contribution in [2.45, 2.75) is 32.9 Å². The van der Waals surface area contributed by atoms with Gasteiger partial charge in [0.15, 0.2) is 5.82 Å². The molecule has 2 aromatic rings. The SMILES string of the molecule is CCN(C)c1cccnc1N(C)C1CCN(Cc2ccccc2)CC1C. The monoisotopic (exact) mass is 352 g/mol. The Labute approximate surface area is 158 Å². The Hall–Kier alpha value is -2.07. The van der Waals surface area contributed by atoms with Crippen LogP contribution in [-0.2, 0) is 6.54 Å². The fourth-order valence-corrected chi connectivity index (χ4v) is 4.07. The molecule has 0 aliphatic carbocycles. The number of benzene rings is 1. The van der Waals surface area contributed by atoms with Crippen LogP contribution in [0, 0.1) is 5.92 Å². The highest BCUT2D eigenvalue weighted by Crippen LogP contribution is 2.31. The molecule has 1 aliphatic rings.